The molecule has 0 aliphatic carbocycles. The summed E-state index contributed by atoms with van der Waals surface area (Å²) >= 11 is 5.39. The summed E-state index contributed by atoms with van der Waals surface area (Å²) in [5.41, 5.74) is 2.25. The normalized spacial score (nSPS) is 16.6. The summed E-state index contributed by atoms with van der Waals surface area (Å²) in [7, 11) is 3.00. The Morgan fingerprint density at radius 2 is 1.43 bits per heavy atom. The molecule has 2 aliphatic rings. The van der Waals surface area contributed by atoms with Crippen LogP contribution >= 0.6 is 12.2 Å². The van der Waals surface area contributed by atoms with Gasteiger partial charge in [-0.3, -0.25) is 33.9 Å². The van der Waals surface area contributed by atoms with E-state index in [1.54, 1.807) is 66.7 Å². The van der Waals surface area contributed by atoms with Crippen LogP contribution in [0.2, 0.25) is 0 Å². The number of hydrogen-bond acceptors (Lipinski definition) is 6. The molecule has 4 amide bonds. The number of ether oxygens (including phenoxy) is 1. The molecule has 0 spiro atoms. The molecule has 9 heteroatoms. The number of carbonyl (C=O) groups is 4. The summed E-state index contributed by atoms with van der Waals surface area (Å²) in [4.78, 5) is 55.9. The average Bonchev–Trinajstić information content (AvgIpc) is 3.16. The molecule has 1 fully saturated rings. The van der Waals surface area contributed by atoms with Crippen LogP contribution in [0.5, 0.6) is 5.75 Å². The van der Waals surface area contributed by atoms with Gasteiger partial charge >= 0.3 is 0 Å². The Labute approximate surface area is 218 Å². The van der Waals surface area contributed by atoms with E-state index in [9.17, 15) is 19.2 Å². The molecule has 8 nitrogen and oxygen atoms in total. The minimum atomic E-state index is -0.544. The van der Waals surface area contributed by atoms with Crippen LogP contribution in [-0.4, -0.2) is 52.7 Å². The fourth-order valence-electron chi connectivity index (χ4n) is 4.38. The first-order valence-electron chi connectivity index (χ1n) is 11.4. The number of thiocarbonyl (C=S) groups is 1. The maximum absolute atomic E-state index is 13.4. The average molecular weight is 512 g/mol. The van der Waals surface area contributed by atoms with Crippen LogP contribution in [0.15, 0.2) is 78.4 Å². The van der Waals surface area contributed by atoms with Crippen LogP contribution in [0.25, 0.3) is 6.08 Å². The number of likely N-dealkylation sites (N-methyl/N-ethyl adjacent to an activating group) is 1. The Balaban J connectivity index is 1.50. The van der Waals surface area contributed by atoms with Gasteiger partial charge in [-0.2, -0.15) is 0 Å². The van der Waals surface area contributed by atoms with Gasteiger partial charge in [-0.15, -0.1) is 0 Å². The molecule has 184 valence electrons. The maximum Gasteiger partial charge on any atom is 0.270 e. The zero-order valence-electron chi connectivity index (χ0n) is 20.0. The smallest absolute Gasteiger partial charge is 0.270 e. The minimum absolute atomic E-state index is 0.0332. The monoisotopic (exact) mass is 511 g/mol. The highest BCUT2D eigenvalue weighted by molar-refractivity contribution is 7.80. The first kappa shape index (κ1) is 24.1. The Hall–Kier alpha value is -4.63. The highest BCUT2D eigenvalue weighted by atomic mass is 32.1. The second-order valence-electron chi connectivity index (χ2n) is 8.49. The lowest BCUT2D eigenvalue weighted by Gasteiger charge is -2.34. The summed E-state index contributed by atoms with van der Waals surface area (Å²) in [6.07, 6.45) is 1.48. The summed E-state index contributed by atoms with van der Waals surface area (Å²) in [6.45, 7) is -0.0332. The van der Waals surface area contributed by atoms with Crippen LogP contribution in [0.4, 0.5) is 5.69 Å². The molecule has 3 aromatic carbocycles. The lowest BCUT2D eigenvalue weighted by atomic mass is 10.0. The van der Waals surface area contributed by atoms with Gasteiger partial charge in [0.1, 0.15) is 11.3 Å². The number of anilines is 1. The molecule has 0 N–H and O–H groups in total. The van der Waals surface area contributed by atoms with E-state index in [2.05, 4.69) is 0 Å². The SMILES string of the molecule is COc1ccc(/C=C2\C(=O)N(C)C(=S)N(c3ccccc3)C2=O)cc1CN1C(=O)c2ccccc2C1=O. The van der Waals surface area contributed by atoms with Gasteiger partial charge in [-0.25, -0.2) is 0 Å². The van der Waals surface area contributed by atoms with E-state index in [1.807, 2.05) is 6.07 Å². The molecule has 2 aliphatic heterocycles. The number of fused-ring (bicyclic) bond motifs is 1. The number of nitrogens with zero attached hydrogens (tertiary/aromatic N) is 3. The molecule has 1 saturated heterocycles. The maximum atomic E-state index is 13.4. The van der Waals surface area contributed by atoms with Gasteiger partial charge in [0, 0.05) is 12.6 Å². The molecule has 0 bridgehead atoms. The Morgan fingerprint density at radius 1 is 0.811 bits per heavy atom. The van der Waals surface area contributed by atoms with E-state index in [0.29, 0.717) is 33.7 Å². The predicted octanol–water partition coefficient (Wildman–Crippen LogP) is 3.66. The van der Waals surface area contributed by atoms with E-state index in [-0.39, 0.29) is 17.2 Å². The van der Waals surface area contributed by atoms with Gasteiger partial charge in [0.25, 0.3) is 23.6 Å². The lowest BCUT2D eigenvalue weighted by Crippen LogP contribution is -2.54. The molecule has 0 unspecified atom stereocenters. The molecule has 0 atom stereocenters. The van der Waals surface area contributed by atoms with Crippen LogP contribution in [0, 0.1) is 0 Å². The number of para-hydroxylation sites is 1. The van der Waals surface area contributed by atoms with E-state index >= 15 is 0 Å². The van der Waals surface area contributed by atoms with Crippen molar-refractivity contribution in [3.63, 3.8) is 0 Å². The molecule has 3 aromatic rings. The van der Waals surface area contributed by atoms with Crippen LogP contribution in [-0.2, 0) is 16.1 Å². The van der Waals surface area contributed by atoms with Crippen molar-refractivity contribution in [2.45, 2.75) is 6.54 Å². The van der Waals surface area contributed by atoms with Gasteiger partial charge in [0.05, 0.1) is 30.5 Å². The third-order valence-electron chi connectivity index (χ3n) is 6.28. The molecular formula is C28H21N3O5S. The second-order valence-corrected chi connectivity index (χ2v) is 8.86. The van der Waals surface area contributed by atoms with Crippen molar-refractivity contribution >= 4 is 52.7 Å². The fourth-order valence-corrected chi connectivity index (χ4v) is 4.65. The molecule has 0 aromatic heterocycles. The van der Waals surface area contributed by atoms with E-state index in [1.165, 1.54) is 30.0 Å². The van der Waals surface area contributed by atoms with Gasteiger partial charge in [0.15, 0.2) is 5.11 Å². The summed E-state index contributed by atoms with van der Waals surface area (Å²) < 4.78 is 5.46. The summed E-state index contributed by atoms with van der Waals surface area (Å²) in [5, 5.41) is 0.0828. The largest absolute Gasteiger partial charge is 0.496 e. The standard InChI is InChI=1S/C28H21N3O5S/c1-29-24(32)22(27(35)31(28(29)37)19-8-4-3-5-9-19)15-17-12-13-23(36-2)18(14-17)16-30-25(33)20-10-6-7-11-21(20)26(30)34/h3-15H,16H2,1-2H3/b22-15+. The summed E-state index contributed by atoms with van der Waals surface area (Å²) in [6, 6.07) is 20.6. The Bertz CT molecular complexity index is 1480. The third-order valence-corrected chi connectivity index (χ3v) is 6.74. The minimum Gasteiger partial charge on any atom is -0.496 e. The predicted molar refractivity (Wildman–Crippen MR) is 141 cm³/mol. The fraction of sp³-hybridized carbons (Fsp3) is 0.107. The van der Waals surface area contributed by atoms with E-state index < -0.39 is 23.6 Å². The van der Waals surface area contributed by atoms with Crippen molar-refractivity contribution in [2.75, 3.05) is 19.1 Å². The second kappa shape index (κ2) is 9.44. The third kappa shape index (κ3) is 4.09. The first-order chi connectivity index (χ1) is 17.8. The Kier molecular flexibility index (Phi) is 6.14. The van der Waals surface area contributed by atoms with Crippen molar-refractivity contribution in [2.24, 2.45) is 0 Å². The topological polar surface area (TPSA) is 87.2 Å². The number of carbonyl (C=O) groups excluding carboxylic acids is 4. The van der Waals surface area contributed by atoms with Crippen molar-refractivity contribution in [3.8, 4) is 5.75 Å². The van der Waals surface area contributed by atoms with Crippen LogP contribution < -0.4 is 9.64 Å². The molecule has 5 rings (SSSR count). The van der Waals surface area contributed by atoms with Crippen molar-refractivity contribution in [1.82, 2.24) is 9.80 Å². The molecule has 0 saturated carbocycles. The number of hydrogen-bond donors (Lipinski definition) is 0. The molecule has 0 radical (unpaired) electrons. The van der Waals surface area contributed by atoms with E-state index in [0.717, 1.165) is 4.90 Å². The number of benzene rings is 3. The number of amides is 4. The van der Waals surface area contributed by atoms with E-state index in [4.69, 9.17) is 17.0 Å². The lowest BCUT2D eigenvalue weighted by molar-refractivity contribution is -0.127. The van der Waals surface area contributed by atoms with Crippen molar-refractivity contribution in [1.29, 1.82) is 0 Å². The number of methoxy groups -OCH3 is 1. The van der Waals surface area contributed by atoms with Gasteiger partial charge < -0.3 is 4.74 Å². The van der Waals surface area contributed by atoms with Gasteiger partial charge in [-0.05, 0) is 60.3 Å². The highest BCUT2D eigenvalue weighted by Gasteiger charge is 2.39. The highest BCUT2D eigenvalue weighted by Crippen LogP contribution is 2.30. The quantitative estimate of drug-likeness (QED) is 0.225. The first-order valence-corrected chi connectivity index (χ1v) is 11.8. The number of imide groups is 1. The number of rotatable bonds is 5. The molecule has 2 heterocycles. The summed E-state index contributed by atoms with van der Waals surface area (Å²) in [5.74, 6) is -1.39. The van der Waals surface area contributed by atoms with Gasteiger partial charge in [-0.1, -0.05) is 36.4 Å². The van der Waals surface area contributed by atoms with Crippen LogP contribution in [0.1, 0.15) is 31.8 Å². The van der Waals surface area contributed by atoms with Crippen LogP contribution in [0.3, 0.4) is 0 Å². The molecular weight excluding hydrogens is 490 g/mol. The molecule has 37 heavy (non-hydrogen) atoms. The van der Waals surface area contributed by atoms with Gasteiger partial charge in [0.2, 0.25) is 0 Å². The zero-order valence-corrected chi connectivity index (χ0v) is 20.8. The zero-order chi connectivity index (χ0) is 26.3. The van der Waals surface area contributed by atoms with Crippen molar-refractivity contribution in [3.05, 3.63) is 101 Å². The van der Waals surface area contributed by atoms with Crippen molar-refractivity contribution < 1.29 is 23.9 Å². The Morgan fingerprint density at radius 3 is 2.05 bits per heavy atom.